The molecule has 0 radical (unpaired) electrons. The van der Waals surface area contributed by atoms with Crippen LogP contribution in [-0.4, -0.2) is 24.3 Å². The molecule has 3 rings (SSSR count). The number of hydrogen-bond donors (Lipinski definition) is 2. The molecule has 1 amide bonds. The molecule has 0 bridgehead atoms. The molecule has 28 heavy (non-hydrogen) atoms. The molecule has 0 fully saturated rings. The molecule has 144 valence electrons. The maximum absolute atomic E-state index is 12.5. The van der Waals surface area contributed by atoms with Gasteiger partial charge in [0, 0.05) is 5.56 Å². The van der Waals surface area contributed by atoms with Gasteiger partial charge in [-0.1, -0.05) is 60.7 Å². The van der Waals surface area contributed by atoms with Crippen molar-refractivity contribution < 1.29 is 19.3 Å². The number of Topliss-reactive ketones (excluding diaryl/α,β-unsaturated/α-hetero) is 1. The van der Waals surface area contributed by atoms with Crippen molar-refractivity contribution in [2.24, 2.45) is 0 Å². The first-order valence-corrected chi connectivity index (χ1v) is 9.39. The van der Waals surface area contributed by atoms with E-state index in [4.69, 9.17) is 4.42 Å². The van der Waals surface area contributed by atoms with Crippen molar-refractivity contribution in [2.45, 2.75) is 25.4 Å². The van der Waals surface area contributed by atoms with Crippen LogP contribution in [0.1, 0.15) is 29.9 Å². The van der Waals surface area contributed by atoms with Crippen molar-refractivity contribution in [3.8, 4) is 0 Å². The summed E-state index contributed by atoms with van der Waals surface area (Å²) in [5, 5.41) is 4.79. The van der Waals surface area contributed by atoms with Gasteiger partial charge in [0.25, 0.3) is 5.91 Å². The molecule has 5 nitrogen and oxygen atoms in total. The Kier molecular flexibility index (Phi) is 6.76. The molecule has 0 aliphatic carbocycles. The topological polar surface area (TPSA) is 75.9 Å². The Morgan fingerprint density at radius 3 is 2.25 bits per heavy atom. The second-order valence-electron chi connectivity index (χ2n) is 6.76. The van der Waals surface area contributed by atoms with E-state index in [9.17, 15) is 9.59 Å². The summed E-state index contributed by atoms with van der Waals surface area (Å²) in [7, 11) is 0. The first kappa shape index (κ1) is 19.6. The normalized spacial score (nSPS) is 12.9. The van der Waals surface area contributed by atoms with Crippen LogP contribution in [0.15, 0.2) is 83.5 Å². The smallest absolute Gasteiger partial charge is 0.275 e. The average molecular weight is 377 g/mol. The maximum Gasteiger partial charge on any atom is 0.275 e. The van der Waals surface area contributed by atoms with Gasteiger partial charge in [0.05, 0.1) is 12.3 Å². The van der Waals surface area contributed by atoms with E-state index in [-0.39, 0.29) is 24.3 Å². The Morgan fingerprint density at radius 1 is 0.964 bits per heavy atom. The van der Waals surface area contributed by atoms with Gasteiger partial charge in [-0.3, -0.25) is 9.59 Å². The molecule has 3 N–H and O–H groups in total. The van der Waals surface area contributed by atoms with Crippen LogP contribution < -0.4 is 10.6 Å². The number of rotatable bonds is 9. The summed E-state index contributed by atoms with van der Waals surface area (Å²) in [6, 6.07) is 22.7. The van der Waals surface area contributed by atoms with E-state index < -0.39 is 6.04 Å². The zero-order valence-electron chi connectivity index (χ0n) is 15.9. The number of nitrogens with one attached hydrogen (secondary N) is 1. The molecule has 0 aliphatic heterocycles. The molecule has 5 heteroatoms. The van der Waals surface area contributed by atoms with Crippen LogP contribution >= 0.6 is 0 Å². The van der Waals surface area contributed by atoms with Gasteiger partial charge in [0.2, 0.25) is 0 Å². The highest BCUT2D eigenvalue weighted by Crippen LogP contribution is 2.18. The van der Waals surface area contributed by atoms with Crippen molar-refractivity contribution in [3.63, 3.8) is 0 Å². The summed E-state index contributed by atoms with van der Waals surface area (Å²) in [6.45, 7) is 1.70. The van der Waals surface area contributed by atoms with Crippen molar-refractivity contribution in [1.29, 1.82) is 0 Å². The van der Waals surface area contributed by atoms with E-state index in [0.29, 0.717) is 6.42 Å². The number of ketones is 1. The van der Waals surface area contributed by atoms with Crippen LogP contribution in [-0.2, 0) is 16.0 Å². The Balaban J connectivity index is 1.63. The number of furan rings is 1. The number of quaternary nitrogens is 1. The van der Waals surface area contributed by atoms with Gasteiger partial charge in [-0.15, -0.1) is 0 Å². The minimum atomic E-state index is -0.526. The van der Waals surface area contributed by atoms with Crippen LogP contribution in [0.3, 0.4) is 0 Å². The first-order chi connectivity index (χ1) is 13.6. The lowest BCUT2D eigenvalue weighted by atomic mass is 10.0. The fourth-order valence-corrected chi connectivity index (χ4v) is 3.17. The monoisotopic (exact) mass is 377 g/mol. The van der Waals surface area contributed by atoms with Gasteiger partial charge in [-0.25, -0.2) is 0 Å². The van der Waals surface area contributed by atoms with Gasteiger partial charge in [-0.2, -0.15) is 0 Å². The summed E-state index contributed by atoms with van der Waals surface area (Å²) < 4.78 is 5.56. The summed E-state index contributed by atoms with van der Waals surface area (Å²) in [5.41, 5.74) is 2.07. The fraction of sp³-hybridized carbons (Fsp3) is 0.217. The van der Waals surface area contributed by atoms with E-state index in [1.807, 2.05) is 78.1 Å². The highest BCUT2D eigenvalue weighted by atomic mass is 16.3. The van der Waals surface area contributed by atoms with Gasteiger partial charge >= 0.3 is 0 Å². The zero-order valence-corrected chi connectivity index (χ0v) is 15.9. The van der Waals surface area contributed by atoms with Crippen LogP contribution in [0, 0.1) is 0 Å². The summed E-state index contributed by atoms with van der Waals surface area (Å²) in [6.07, 6.45) is 2.12. The molecule has 0 aliphatic rings. The summed E-state index contributed by atoms with van der Waals surface area (Å²) in [4.78, 5) is 24.5. The maximum atomic E-state index is 12.5. The Morgan fingerprint density at radius 2 is 1.64 bits per heavy atom. The summed E-state index contributed by atoms with van der Waals surface area (Å²) in [5.74, 6) is 0.554. The fourth-order valence-electron chi connectivity index (χ4n) is 3.17. The highest BCUT2D eigenvalue weighted by Gasteiger charge is 2.23. The van der Waals surface area contributed by atoms with Crippen LogP contribution in [0.5, 0.6) is 0 Å². The van der Waals surface area contributed by atoms with E-state index in [1.54, 1.807) is 6.26 Å². The number of hydrogen-bond acceptors (Lipinski definition) is 3. The number of amides is 1. The minimum absolute atomic E-state index is 0.0529. The molecule has 0 saturated carbocycles. The number of benzene rings is 2. The molecule has 3 aromatic rings. The molecular formula is C23H25N2O3+. The molecule has 0 unspecified atom stereocenters. The van der Waals surface area contributed by atoms with Crippen molar-refractivity contribution in [2.75, 3.05) is 6.54 Å². The van der Waals surface area contributed by atoms with E-state index in [2.05, 4.69) is 5.32 Å². The SMILES string of the molecule is CC(=O)[C@@H](Cc1ccccc1)NC(=O)C[NH2+][C@H](c1ccccc1)c1ccco1. The predicted octanol–water partition coefficient (Wildman–Crippen LogP) is 2.25. The van der Waals surface area contributed by atoms with Gasteiger partial charge < -0.3 is 15.1 Å². The lowest BCUT2D eigenvalue weighted by Gasteiger charge is -2.17. The average Bonchev–Trinajstić information content (AvgIpc) is 3.24. The highest BCUT2D eigenvalue weighted by molar-refractivity contribution is 5.88. The number of carbonyl (C=O) groups is 2. The lowest BCUT2D eigenvalue weighted by molar-refractivity contribution is -0.678. The number of carbonyl (C=O) groups excluding carboxylic acids is 2. The zero-order chi connectivity index (χ0) is 19.8. The molecule has 1 heterocycles. The van der Waals surface area contributed by atoms with Crippen molar-refractivity contribution >= 4 is 11.7 Å². The van der Waals surface area contributed by atoms with Gasteiger partial charge in [-0.05, 0) is 31.0 Å². The van der Waals surface area contributed by atoms with Crippen LogP contribution in [0.2, 0.25) is 0 Å². The number of nitrogens with two attached hydrogens (primary N) is 1. The predicted molar refractivity (Wildman–Crippen MR) is 107 cm³/mol. The second-order valence-corrected chi connectivity index (χ2v) is 6.76. The third-order valence-corrected chi connectivity index (χ3v) is 4.66. The van der Waals surface area contributed by atoms with Gasteiger partial charge in [0.15, 0.2) is 24.1 Å². The third-order valence-electron chi connectivity index (χ3n) is 4.66. The Hall–Kier alpha value is -3.18. The molecule has 0 spiro atoms. The molecule has 0 saturated heterocycles. The molecule has 1 aromatic heterocycles. The molecular weight excluding hydrogens is 352 g/mol. The van der Waals surface area contributed by atoms with Crippen molar-refractivity contribution in [3.05, 3.63) is 95.9 Å². The molecule has 2 atom stereocenters. The van der Waals surface area contributed by atoms with E-state index in [0.717, 1.165) is 16.9 Å². The van der Waals surface area contributed by atoms with E-state index in [1.165, 1.54) is 6.92 Å². The van der Waals surface area contributed by atoms with Crippen LogP contribution in [0.4, 0.5) is 0 Å². The largest absolute Gasteiger partial charge is 0.463 e. The lowest BCUT2D eigenvalue weighted by Crippen LogP contribution is -2.88. The Bertz CT molecular complexity index is 877. The third kappa shape index (κ3) is 5.41. The molecule has 2 aromatic carbocycles. The Labute approximate surface area is 164 Å². The first-order valence-electron chi connectivity index (χ1n) is 9.39. The van der Waals surface area contributed by atoms with Gasteiger partial charge in [0.1, 0.15) is 0 Å². The minimum Gasteiger partial charge on any atom is -0.463 e. The quantitative estimate of drug-likeness (QED) is 0.601. The van der Waals surface area contributed by atoms with Crippen LogP contribution in [0.25, 0.3) is 0 Å². The van der Waals surface area contributed by atoms with E-state index >= 15 is 0 Å². The second kappa shape index (κ2) is 9.67. The van der Waals surface area contributed by atoms with Crippen molar-refractivity contribution in [1.82, 2.24) is 5.32 Å². The standard InChI is InChI=1S/C23H24N2O3/c1-17(26)20(15-18-9-4-2-5-10-18)25-22(27)16-24-23(21-13-8-14-28-21)19-11-6-3-7-12-19/h2-14,20,23-24H,15-16H2,1H3,(H,25,27)/p+1/t20-,23-/m1/s1. The summed E-state index contributed by atoms with van der Waals surface area (Å²) >= 11 is 0.